The van der Waals surface area contributed by atoms with Gasteiger partial charge >= 0.3 is 0 Å². The fourth-order valence-corrected chi connectivity index (χ4v) is 2.95. The third-order valence-electron chi connectivity index (χ3n) is 4.08. The maximum Gasteiger partial charge on any atom is 0.251 e. The van der Waals surface area contributed by atoms with E-state index < -0.39 is 0 Å². The summed E-state index contributed by atoms with van der Waals surface area (Å²) in [6, 6.07) is 5.42. The Kier molecular flexibility index (Phi) is 5.03. The number of benzene rings is 1. The van der Waals surface area contributed by atoms with Crippen LogP contribution in [0.3, 0.4) is 0 Å². The van der Waals surface area contributed by atoms with Crippen molar-refractivity contribution in [2.45, 2.75) is 39.3 Å². The molecule has 1 aromatic heterocycles. The monoisotopic (exact) mass is 329 g/mol. The van der Waals surface area contributed by atoms with Gasteiger partial charge in [-0.1, -0.05) is 0 Å². The second-order valence-corrected chi connectivity index (χ2v) is 5.73. The summed E-state index contributed by atoms with van der Waals surface area (Å²) in [4.78, 5) is 16.9. The quantitative estimate of drug-likeness (QED) is 0.884. The van der Waals surface area contributed by atoms with Gasteiger partial charge in [0.2, 0.25) is 0 Å². The van der Waals surface area contributed by atoms with Gasteiger partial charge in [0.05, 0.1) is 13.2 Å². The lowest BCUT2D eigenvalue weighted by Gasteiger charge is -2.25. The zero-order valence-corrected chi connectivity index (χ0v) is 14.1. The zero-order chi connectivity index (χ0) is 16.9. The Labute approximate surface area is 141 Å². The molecule has 3 rings (SSSR count). The number of hydrogen-bond donors (Lipinski definition) is 1. The number of amides is 1. The lowest BCUT2D eigenvalue weighted by Crippen LogP contribution is -2.40. The zero-order valence-electron chi connectivity index (χ0n) is 14.1. The Balaban J connectivity index is 1.69. The summed E-state index contributed by atoms with van der Waals surface area (Å²) in [6.45, 7) is 5.67. The largest absolute Gasteiger partial charge is 0.490 e. The van der Waals surface area contributed by atoms with Crippen molar-refractivity contribution in [1.82, 2.24) is 14.9 Å². The number of hydrogen-bond acceptors (Lipinski definition) is 4. The second-order valence-electron chi connectivity index (χ2n) is 5.73. The van der Waals surface area contributed by atoms with Crippen LogP contribution in [-0.2, 0) is 13.0 Å². The van der Waals surface area contributed by atoms with Gasteiger partial charge in [0.15, 0.2) is 11.5 Å². The van der Waals surface area contributed by atoms with Crippen LogP contribution in [0.4, 0.5) is 0 Å². The molecule has 0 saturated heterocycles. The van der Waals surface area contributed by atoms with Gasteiger partial charge in [-0.05, 0) is 38.5 Å². The molecule has 2 heterocycles. The van der Waals surface area contributed by atoms with Crippen molar-refractivity contribution in [2.24, 2.45) is 0 Å². The number of fused-ring (bicyclic) bond motifs is 1. The molecular weight excluding hydrogens is 306 g/mol. The summed E-state index contributed by atoms with van der Waals surface area (Å²) in [5, 5.41) is 3.10. The molecule has 0 radical (unpaired) electrons. The number of rotatable bonds is 6. The average Bonchev–Trinajstić information content (AvgIpc) is 3.04. The third kappa shape index (κ3) is 3.53. The van der Waals surface area contributed by atoms with Gasteiger partial charge < -0.3 is 19.4 Å². The van der Waals surface area contributed by atoms with Crippen LogP contribution in [0.25, 0.3) is 0 Å². The van der Waals surface area contributed by atoms with Crippen molar-refractivity contribution in [2.75, 3.05) is 13.2 Å². The molecule has 1 N–H and O–H groups in total. The van der Waals surface area contributed by atoms with E-state index in [9.17, 15) is 4.79 Å². The van der Waals surface area contributed by atoms with E-state index in [4.69, 9.17) is 9.47 Å². The predicted octanol–water partition coefficient (Wildman–Crippen LogP) is 2.43. The van der Waals surface area contributed by atoms with E-state index in [-0.39, 0.29) is 11.9 Å². The van der Waals surface area contributed by atoms with Crippen LogP contribution in [0.1, 0.15) is 36.5 Å². The van der Waals surface area contributed by atoms with Crippen molar-refractivity contribution in [3.63, 3.8) is 0 Å². The van der Waals surface area contributed by atoms with E-state index in [1.165, 1.54) is 0 Å². The lowest BCUT2D eigenvalue weighted by molar-refractivity contribution is 0.0927. The molecule has 0 spiro atoms. The molecule has 0 unspecified atom stereocenters. The second kappa shape index (κ2) is 7.38. The van der Waals surface area contributed by atoms with Crippen LogP contribution in [0.15, 0.2) is 30.6 Å². The first kappa shape index (κ1) is 16.4. The molecule has 128 valence electrons. The number of ether oxygens (including phenoxy) is 2. The maximum absolute atomic E-state index is 12.6. The van der Waals surface area contributed by atoms with E-state index >= 15 is 0 Å². The number of carbonyl (C=O) groups is 1. The van der Waals surface area contributed by atoms with Crippen LogP contribution in [0, 0.1) is 0 Å². The van der Waals surface area contributed by atoms with Crippen molar-refractivity contribution < 1.29 is 14.3 Å². The smallest absolute Gasteiger partial charge is 0.251 e. The summed E-state index contributed by atoms with van der Waals surface area (Å²) in [5.41, 5.74) is 0.582. The Hall–Kier alpha value is -2.50. The van der Waals surface area contributed by atoms with Crippen LogP contribution in [0.5, 0.6) is 11.5 Å². The predicted molar refractivity (Wildman–Crippen MR) is 90.6 cm³/mol. The van der Waals surface area contributed by atoms with Gasteiger partial charge in [0.1, 0.15) is 5.82 Å². The van der Waals surface area contributed by atoms with Crippen molar-refractivity contribution in [3.05, 3.63) is 42.0 Å². The first-order valence-corrected chi connectivity index (χ1v) is 8.41. The molecule has 0 fully saturated rings. The van der Waals surface area contributed by atoms with Crippen LogP contribution in [0.2, 0.25) is 0 Å². The first-order chi connectivity index (χ1) is 11.7. The molecule has 1 aliphatic heterocycles. The highest BCUT2D eigenvalue weighted by atomic mass is 16.5. The van der Waals surface area contributed by atoms with Crippen molar-refractivity contribution in [3.8, 4) is 11.5 Å². The van der Waals surface area contributed by atoms with Gasteiger partial charge in [-0.3, -0.25) is 4.79 Å². The van der Waals surface area contributed by atoms with E-state index in [0.717, 1.165) is 25.2 Å². The highest BCUT2D eigenvalue weighted by molar-refractivity contribution is 5.95. The molecule has 1 aromatic carbocycles. The van der Waals surface area contributed by atoms with Crippen LogP contribution in [-0.4, -0.2) is 34.7 Å². The highest BCUT2D eigenvalue weighted by Gasteiger charge is 2.21. The van der Waals surface area contributed by atoms with Gasteiger partial charge in [-0.2, -0.15) is 0 Å². The molecule has 0 saturated carbocycles. The molecule has 1 atom stereocenters. The molecule has 1 amide bonds. The number of nitrogens with one attached hydrogen (secondary N) is 1. The maximum atomic E-state index is 12.6. The number of nitrogens with zero attached hydrogens (tertiary/aromatic N) is 2. The van der Waals surface area contributed by atoms with E-state index in [1.807, 2.05) is 20.0 Å². The Morgan fingerprint density at radius 3 is 2.88 bits per heavy atom. The van der Waals surface area contributed by atoms with Crippen LogP contribution < -0.4 is 14.8 Å². The summed E-state index contributed by atoms with van der Waals surface area (Å²) in [5.74, 6) is 2.26. The van der Waals surface area contributed by atoms with Crippen molar-refractivity contribution >= 4 is 5.91 Å². The first-order valence-electron chi connectivity index (χ1n) is 8.41. The SMILES string of the molecule is CCOc1ccc(C(=O)N[C@@H]2CCc3nccn3C2)cc1OCC. The van der Waals surface area contributed by atoms with Gasteiger partial charge in [0.25, 0.3) is 5.91 Å². The van der Waals surface area contributed by atoms with E-state index in [1.54, 1.807) is 24.4 Å². The van der Waals surface area contributed by atoms with Crippen LogP contribution >= 0.6 is 0 Å². The normalized spacial score (nSPS) is 16.3. The molecular formula is C18H23N3O3. The van der Waals surface area contributed by atoms with E-state index in [0.29, 0.717) is 30.3 Å². The molecule has 6 nitrogen and oxygen atoms in total. The van der Waals surface area contributed by atoms with Gasteiger partial charge in [-0.25, -0.2) is 4.98 Å². The number of aryl methyl sites for hydroxylation is 1. The molecule has 2 aromatic rings. The fourth-order valence-electron chi connectivity index (χ4n) is 2.95. The molecule has 0 bridgehead atoms. The number of imidazole rings is 1. The standard InChI is InChI=1S/C18H23N3O3/c1-3-23-15-7-5-13(11-16(15)24-4-2)18(22)20-14-6-8-17-19-9-10-21(17)12-14/h5,7,9-11,14H,3-4,6,8,12H2,1-2H3,(H,20,22)/t14-/m1/s1. The summed E-state index contributed by atoms with van der Waals surface area (Å²) < 4.78 is 13.2. The van der Waals surface area contributed by atoms with Gasteiger partial charge in [0, 0.05) is 37.0 Å². The Morgan fingerprint density at radius 2 is 2.08 bits per heavy atom. The summed E-state index contributed by atoms with van der Waals surface area (Å²) >= 11 is 0. The molecule has 1 aliphatic rings. The Morgan fingerprint density at radius 1 is 1.29 bits per heavy atom. The third-order valence-corrected chi connectivity index (χ3v) is 4.08. The van der Waals surface area contributed by atoms with Gasteiger partial charge in [-0.15, -0.1) is 0 Å². The minimum absolute atomic E-state index is 0.0902. The average molecular weight is 329 g/mol. The van der Waals surface area contributed by atoms with Crippen molar-refractivity contribution in [1.29, 1.82) is 0 Å². The summed E-state index contributed by atoms with van der Waals surface area (Å²) in [6.07, 6.45) is 5.54. The highest BCUT2D eigenvalue weighted by Crippen LogP contribution is 2.28. The van der Waals surface area contributed by atoms with E-state index in [2.05, 4.69) is 14.9 Å². The number of aromatic nitrogens is 2. The number of carbonyl (C=O) groups excluding carboxylic acids is 1. The fraction of sp³-hybridized carbons (Fsp3) is 0.444. The minimum atomic E-state index is -0.0902. The Bertz CT molecular complexity index is 711. The topological polar surface area (TPSA) is 65.4 Å². The summed E-state index contributed by atoms with van der Waals surface area (Å²) in [7, 11) is 0. The minimum Gasteiger partial charge on any atom is -0.490 e. The molecule has 24 heavy (non-hydrogen) atoms. The lowest BCUT2D eigenvalue weighted by atomic mass is 10.1. The molecule has 0 aliphatic carbocycles. The molecule has 6 heteroatoms.